The summed E-state index contributed by atoms with van der Waals surface area (Å²) in [5.41, 5.74) is 6.75. The van der Waals surface area contributed by atoms with Crippen LogP contribution in [-0.2, 0) is 5.41 Å². The molecule has 1 aliphatic carbocycles. The molecule has 30 heavy (non-hydrogen) atoms. The van der Waals surface area contributed by atoms with Crippen LogP contribution in [0.2, 0.25) is 0 Å². The van der Waals surface area contributed by atoms with Crippen LogP contribution in [0.3, 0.4) is 0 Å². The van der Waals surface area contributed by atoms with E-state index < -0.39 is 0 Å². The molecule has 1 unspecified atom stereocenters. The van der Waals surface area contributed by atoms with E-state index in [4.69, 9.17) is 0 Å². The zero-order chi connectivity index (χ0) is 21.7. The third-order valence-electron chi connectivity index (χ3n) is 7.66. The molecule has 0 saturated heterocycles. The highest BCUT2D eigenvalue weighted by atomic mass is 14.5. The number of rotatable bonds is 4. The van der Waals surface area contributed by atoms with Crippen molar-refractivity contribution in [1.82, 2.24) is 0 Å². The Morgan fingerprint density at radius 3 is 1.93 bits per heavy atom. The van der Waals surface area contributed by atoms with E-state index in [-0.39, 0.29) is 10.8 Å². The van der Waals surface area contributed by atoms with E-state index in [1.54, 1.807) is 16.7 Å². The fourth-order valence-electron chi connectivity index (χ4n) is 6.22. The van der Waals surface area contributed by atoms with Crippen molar-refractivity contribution >= 4 is 10.8 Å². The van der Waals surface area contributed by atoms with Crippen LogP contribution in [0.5, 0.6) is 0 Å². The van der Waals surface area contributed by atoms with Crippen LogP contribution in [0.25, 0.3) is 10.8 Å². The molecule has 3 aromatic carbocycles. The molecule has 0 spiro atoms. The Bertz CT molecular complexity index is 1030. The van der Waals surface area contributed by atoms with Crippen LogP contribution in [-0.4, -0.2) is 0 Å². The van der Waals surface area contributed by atoms with Gasteiger partial charge < -0.3 is 0 Å². The van der Waals surface area contributed by atoms with Crippen LogP contribution >= 0.6 is 0 Å². The first-order chi connectivity index (χ1) is 14.1. The van der Waals surface area contributed by atoms with Crippen molar-refractivity contribution in [2.75, 3.05) is 0 Å². The molecule has 158 valence electrons. The highest BCUT2D eigenvalue weighted by molar-refractivity contribution is 5.83. The summed E-state index contributed by atoms with van der Waals surface area (Å²) >= 11 is 0. The van der Waals surface area contributed by atoms with Gasteiger partial charge in [-0.05, 0) is 74.5 Å². The van der Waals surface area contributed by atoms with E-state index >= 15 is 0 Å². The molecule has 1 fully saturated rings. The van der Waals surface area contributed by atoms with Gasteiger partial charge in [0.2, 0.25) is 0 Å². The van der Waals surface area contributed by atoms with Gasteiger partial charge in [-0.15, -0.1) is 0 Å². The molecule has 3 aromatic rings. The zero-order valence-electron chi connectivity index (χ0n) is 19.9. The average Bonchev–Trinajstić information content (AvgIpc) is 2.96. The van der Waals surface area contributed by atoms with Gasteiger partial charge in [-0.2, -0.15) is 0 Å². The molecule has 0 aliphatic heterocycles. The molecular formula is C30H38. The fraction of sp³-hybridized carbons (Fsp3) is 0.467. The highest BCUT2D eigenvalue weighted by Crippen LogP contribution is 2.60. The lowest BCUT2D eigenvalue weighted by molar-refractivity contribution is 0.314. The summed E-state index contributed by atoms with van der Waals surface area (Å²) < 4.78 is 0. The van der Waals surface area contributed by atoms with Crippen molar-refractivity contribution in [3.8, 4) is 0 Å². The van der Waals surface area contributed by atoms with Gasteiger partial charge in [0.05, 0.1) is 0 Å². The van der Waals surface area contributed by atoms with Crippen molar-refractivity contribution in [3.05, 3.63) is 82.9 Å². The summed E-state index contributed by atoms with van der Waals surface area (Å²) in [6.07, 6.45) is 2.45. The van der Waals surface area contributed by atoms with Gasteiger partial charge >= 0.3 is 0 Å². The van der Waals surface area contributed by atoms with Gasteiger partial charge in [-0.3, -0.25) is 0 Å². The summed E-state index contributed by atoms with van der Waals surface area (Å²) in [4.78, 5) is 0. The van der Waals surface area contributed by atoms with E-state index in [9.17, 15) is 0 Å². The summed E-state index contributed by atoms with van der Waals surface area (Å²) in [5, 5.41) is 2.70. The highest BCUT2D eigenvalue weighted by Gasteiger charge is 2.49. The number of hydrogen-bond acceptors (Lipinski definition) is 0. The second-order valence-electron chi connectivity index (χ2n) is 11.2. The predicted octanol–water partition coefficient (Wildman–Crippen LogP) is 8.95. The molecule has 0 heterocycles. The SMILES string of the molecule is CC(C)c1cccc(C(C)C)c1C1C[C@@](C)(c2ccc3ccccc3c2)CC1(C)C. The van der Waals surface area contributed by atoms with E-state index in [1.165, 1.54) is 29.2 Å². The van der Waals surface area contributed by atoms with Gasteiger partial charge in [0, 0.05) is 0 Å². The van der Waals surface area contributed by atoms with Crippen LogP contribution < -0.4 is 0 Å². The van der Waals surface area contributed by atoms with Gasteiger partial charge in [0.25, 0.3) is 0 Å². The Kier molecular flexibility index (Phi) is 5.33. The molecule has 0 radical (unpaired) electrons. The molecule has 1 saturated carbocycles. The Balaban J connectivity index is 1.82. The van der Waals surface area contributed by atoms with Crippen LogP contribution in [0.4, 0.5) is 0 Å². The van der Waals surface area contributed by atoms with Gasteiger partial charge in [-0.25, -0.2) is 0 Å². The first-order valence-corrected chi connectivity index (χ1v) is 11.7. The average molecular weight is 399 g/mol. The Labute approximate surface area is 183 Å². The molecule has 4 rings (SSSR count). The normalized spacial score (nSPS) is 23.6. The van der Waals surface area contributed by atoms with Crippen LogP contribution in [0.1, 0.15) is 101 Å². The lowest BCUT2D eigenvalue weighted by atomic mass is 9.72. The minimum atomic E-state index is 0.205. The molecule has 0 N–H and O–H groups in total. The van der Waals surface area contributed by atoms with Crippen LogP contribution in [0.15, 0.2) is 60.7 Å². The van der Waals surface area contributed by atoms with E-state index in [2.05, 4.69) is 109 Å². The largest absolute Gasteiger partial charge is 0.0617 e. The van der Waals surface area contributed by atoms with E-state index in [0.717, 1.165) is 0 Å². The number of benzene rings is 3. The third-order valence-corrected chi connectivity index (χ3v) is 7.66. The monoisotopic (exact) mass is 398 g/mol. The summed E-state index contributed by atoms with van der Waals surface area (Å²) in [6, 6.07) is 23.0. The molecule has 0 heteroatoms. The minimum Gasteiger partial charge on any atom is -0.0617 e. The molecule has 1 aliphatic rings. The molecule has 0 nitrogen and oxygen atoms in total. The summed E-state index contributed by atoms with van der Waals surface area (Å²) in [5.74, 6) is 1.70. The molecular weight excluding hydrogens is 360 g/mol. The van der Waals surface area contributed by atoms with Gasteiger partial charge in [0.1, 0.15) is 0 Å². The van der Waals surface area contributed by atoms with Crippen molar-refractivity contribution < 1.29 is 0 Å². The smallest absolute Gasteiger partial charge is 0.00637 e. The topological polar surface area (TPSA) is 0 Å². The third kappa shape index (κ3) is 3.59. The van der Waals surface area contributed by atoms with Crippen LogP contribution in [0, 0.1) is 5.41 Å². The Hall–Kier alpha value is -2.08. The minimum absolute atomic E-state index is 0.205. The predicted molar refractivity (Wildman–Crippen MR) is 132 cm³/mol. The number of fused-ring (bicyclic) bond motifs is 1. The molecule has 0 amide bonds. The first-order valence-electron chi connectivity index (χ1n) is 11.7. The Morgan fingerprint density at radius 2 is 1.33 bits per heavy atom. The first kappa shape index (κ1) is 21.2. The summed E-state index contributed by atoms with van der Waals surface area (Å²) in [6.45, 7) is 16.9. The fourth-order valence-corrected chi connectivity index (χ4v) is 6.22. The molecule has 0 aromatic heterocycles. The quantitative estimate of drug-likeness (QED) is 0.411. The standard InChI is InChI=1S/C30H38/c1-20(2)25-13-10-14-26(21(3)4)28(25)27-18-30(7,19-29(27,5)6)24-16-15-22-11-8-9-12-23(22)17-24/h8-17,20-21,27H,18-19H2,1-7H3/t27?,30-/m1/s1. The molecule has 2 atom stereocenters. The maximum atomic E-state index is 2.51. The zero-order valence-corrected chi connectivity index (χ0v) is 19.9. The van der Waals surface area contributed by atoms with Crippen molar-refractivity contribution in [2.24, 2.45) is 5.41 Å². The molecule has 0 bridgehead atoms. The lowest BCUT2D eigenvalue weighted by Crippen LogP contribution is -2.20. The summed E-state index contributed by atoms with van der Waals surface area (Å²) in [7, 11) is 0. The van der Waals surface area contributed by atoms with Crippen molar-refractivity contribution in [1.29, 1.82) is 0 Å². The maximum Gasteiger partial charge on any atom is -0.00637 e. The maximum absolute atomic E-state index is 2.51. The van der Waals surface area contributed by atoms with Gasteiger partial charge in [-0.1, -0.05) is 109 Å². The van der Waals surface area contributed by atoms with E-state index in [0.29, 0.717) is 17.8 Å². The van der Waals surface area contributed by atoms with Crippen molar-refractivity contribution in [2.45, 2.75) is 84.5 Å². The van der Waals surface area contributed by atoms with E-state index in [1.807, 2.05) is 0 Å². The number of hydrogen-bond donors (Lipinski definition) is 0. The second-order valence-corrected chi connectivity index (χ2v) is 11.2. The second kappa shape index (κ2) is 7.56. The Morgan fingerprint density at radius 1 is 0.733 bits per heavy atom. The van der Waals surface area contributed by atoms with Gasteiger partial charge in [0.15, 0.2) is 0 Å². The lowest BCUT2D eigenvalue weighted by Gasteiger charge is -2.32. The van der Waals surface area contributed by atoms with Crippen molar-refractivity contribution in [3.63, 3.8) is 0 Å².